The Morgan fingerprint density at radius 1 is 1.25 bits per heavy atom. The van der Waals surface area contributed by atoms with Gasteiger partial charge in [0.1, 0.15) is 0 Å². The molecule has 1 aliphatic rings. The van der Waals surface area contributed by atoms with Gasteiger partial charge in [-0.25, -0.2) is 0 Å². The zero-order chi connectivity index (χ0) is 9.35. The molecule has 0 unspecified atom stereocenters. The summed E-state index contributed by atoms with van der Waals surface area (Å²) in [5.74, 6) is 0.646. The van der Waals surface area contributed by atoms with Crippen LogP contribution >= 0.6 is 0 Å². The lowest BCUT2D eigenvalue weighted by Crippen LogP contribution is -2.44. The SMILES string of the molecule is CC(C)C(O)(C1=CCC1)C(C)C. The smallest absolute Gasteiger partial charge is 0.0902 e. The molecule has 1 aliphatic carbocycles. The highest BCUT2D eigenvalue weighted by atomic mass is 16.3. The fourth-order valence-electron chi connectivity index (χ4n) is 2.06. The Kier molecular flexibility index (Phi) is 2.62. The molecule has 1 N–H and O–H groups in total. The standard InChI is InChI=1S/C11H20O/c1-8(2)11(12,9(3)4)10-6-5-7-10/h6,8-9,12H,5,7H2,1-4H3. The second-order valence-corrected chi connectivity index (χ2v) is 4.40. The molecule has 0 aromatic rings. The summed E-state index contributed by atoms with van der Waals surface area (Å²) in [6, 6.07) is 0. The topological polar surface area (TPSA) is 20.2 Å². The molecule has 0 aromatic carbocycles. The van der Waals surface area contributed by atoms with Crippen molar-refractivity contribution in [1.29, 1.82) is 0 Å². The highest BCUT2D eigenvalue weighted by Crippen LogP contribution is 2.39. The lowest BCUT2D eigenvalue weighted by Gasteiger charge is -2.41. The van der Waals surface area contributed by atoms with Crippen molar-refractivity contribution in [2.45, 2.75) is 46.1 Å². The predicted octanol–water partition coefficient (Wildman–Crippen LogP) is 2.75. The first-order chi connectivity index (χ1) is 5.49. The van der Waals surface area contributed by atoms with Gasteiger partial charge in [-0.05, 0) is 30.3 Å². The molecule has 0 bridgehead atoms. The molecule has 0 spiro atoms. The van der Waals surface area contributed by atoms with Gasteiger partial charge in [0.2, 0.25) is 0 Å². The quantitative estimate of drug-likeness (QED) is 0.642. The van der Waals surface area contributed by atoms with Crippen molar-refractivity contribution in [3.63, 3.8) is 0 Å². The lowest BCUT2D eigenvalue weighted by molar-refractivity contribution is -0.0177. The maximum absolute atomic E-state index is 10.4. The van der Waals surface area contributed by atoms with Crippen LogP contribution in [0.1, 0.15) is 40.5 Å². The van der Waals surface area contributed by atoms with Crippen LogP contribution in [0, 0.1) is 11.8 Å². The van der Waals surface area contributed by atoms with E-state index in [-0.39, 0.29) is 0 Å². The first kappa shape index (κ1) is 9.79. The van der Waals surface area contributed by atoms with Crippen LogP contribution in [0.3, 0.4) is 0 Å². The number of allylic oxidation sites excluding steroid dienone is 1. The minimum Gasteiger partial charge on any atom is -0.385 e. The highest BCUT2D eigenvalue weighted by Gasteiger charge is 2.39. The number of aliphatic hydroxyl groups is 1. The molecule has 0 atom stereocenters. The van der Waals surface area contributed by atoms with E-state index in [0.717, 1.165) is 12.8 Å². The van der Waals surface area contributed by atoms with Crippen LogP contribution in [-0.4, -0.2) is 10.7 Å². The van der Waals surface area contributed by atoms with Crippen molar-refractivity contribution >= 4 is 0 Å². The Morgan fingerprint density at radius 3 is 1.75 bits per heavy atom. The van der Waals surface area contributed by atoms with Crippen molar-refractivity contribution < 1.29 is 5.11 Å². The monoisotopic (exact) mass is 168 g/mol. The van der Waals surface area contributed by atoms with E-state index in [2.05, 4.69) is 33.8 Å². The second-order valence-electron chi connectivity index (χ2n) is 4.40. The summed E-state index contributed by atoms with van der Waals surface area (Å²) in [5.41, 5.74) is 0.714. The van der Waals surface area contributed by atoms with E-state index >= 15 is 0 Å². The molecule has 0 saturated heterocycles. The summed E-state index contributed by atoms with van der Waals surface area (Å²) < 4.78 is 0. The van der Waals surface area contributed by atoms with Crippen molar-refractivity contribution in [3.05, 3.63) is 11.6 Å². The normalized spacial score (nSPS) is 18.1. The zero-order valence-electron chi connectivity index (χ0n) is 8.59. The molecular weight excluding hydrogens is 148 g/mol. The number of hydrogen-bond donors (Lipinski definition) is 1. The minimum absolute atomic E-state index is 0.323. The molecule has 0 amide bonds. The molecule has 0 fully saturated rings. The van der Waals surface area contributed by atoms with Crippen LogP contribution in [0.25, 0.3) is 0 Å². The van der Waals surface area contributed by atoms with Gasteiger partial charge in [-0.1, -0.05) is 33.8 Å². The third-order valence-corrected chi connectivity index (χ3v) is 3.08. The number of rotatable bonds is 3. The molecule has 0 aliphatic heterocycles. The van der Waals surface area contributed by atoms with Gasteiger partial charge >= 0.3 is 0 Å². The maximum Gasteiger partial charge on any atom is 0.0902 e. The van der Waals surface area contributed by atoms with Gasteiger partial charge in [-0.2, -0.15) is 0 Å². The molecular formula is C11H20O. The molecule has 1 nitrogen and oxygen atoms in total. The van der Waals surface area contributed by atoms with Crippen molar-refractivity contribution in [1.82, 2.24) is 0 Å². The predicted molar refractivity (Wildman–Crippen MR) is 51.9 cm³/mol. The van der Waals surface area contributed by atoms with E-state index < -0.39 is 5.60 Å². The third-order valence-electron chi connectivity index (χ3n) is 3.08. The Hall–Kier alpha value is -0.300. The zero-order valence-corrected chi connectivity index (χ0v) is 8.59. The Labute approximate surface area is 75.5 Å². The van der Waals surface area contributed by atoms with Gasteiger partial charge in [-0.15, -0.1) is 0 Å². The molecule has 0 heterocycles. The maximum atomic E-state index is 10.4. The highest BCUT2D eigenvalue weighted by molar-refractivity contribution is 5.25. The summed E-state index contributed by atoms with van der Waals surface area (Å²) in [7, 11) is 0. The first-order valence-electron chi connectivity index (χ1n) is 4.91. The summed E-state index contributed by atoms with van der Waals surface area (Å²) in [5, 5.41) is 10.4. The average Bonchev–Trinajstić information content (AvgIpc) is 1.82. The van der Waals surface area contributed by atoms with E-state index in [1.807, 2.05) is 0 Å². The Balaban J connectivity index is 2.85. The molecule has 12 heavy (non-hydrogen) atoms. The van der Waals surface area contributed by atoms with E-state index in [1.54, 1.807) is 0 Å². The Bertz CT molecular complexity index is 181. The van der Waals surface area contributed by atoms with Crippen LogP contribution in [0.5, 0.6) is 0 Å². The largest absolute Gasteiger partial charge is 0.385 e. The van der Waals surface area contributed by atoms with Gasteiger partial charge in [0, 0.05) is 0 Å². The van der Waals surface area contributed by atoms with Crippen molar-refractivity contribution in [2.24, 2.45) is 11.8 Å². The van der Waals surface area contributed by atoms with E-state index in [4.69, 9.17) is 0 Å². The molecule has 1 rings (SSSR count). The van der Waals surface area contributed by atoms with Crippen LogP contribution in [0.2, 0.25) is 0 Å². The lowest BCUT2D eigenvalue weighted by atomic mass is 9.70. The van der Waals surface area contributed by atoms with Gasteiger partial charge in [0.05, 0.1) is 5.60 Å². The minimum atomic E-state index is -0.543. The number of hydrogen-bond acceptors (Lipinski definition) is 1. The first-order valence-corrected chi connectivity index (χ1v) is 4.91. The van der Waals surface area contributed by atoms with Crippen LogP contribution < -0.4 is 0 Å². The van der Waals surface area contributed by atoms with Crippen LogP contribution in [-0.2, 0) is 0 Å². The fourth-order valence-corrected chi connectivity index (χ4v) is 2.06. The summed E-state index contributed by atoms with van der Waals surface area (Å²) in [6.07, 6.45) is 4.42. The van der Waals surface area contributed by atoms with E-state index in [0.29, 0.717) is 11.8 Å². The summed E-state index contributed by atoms with van der Waals surface area (Å²) in [4.78, 5) is 0. The third kappa shape index (κ3) is 1.31. The molecule has 0 aromatic heterocycles. The van der Waals surface area contributed by atoms with Gasteiger partial charge in [0.15, 0.2) is 0 Å². The van der Waals surface area contributed by atoms with Gasteiger partial charge in [-0.3, -0.25) is 0 Å². The van der Waals surface area contributed by atoms with E-state index in [1.165, 1.54) is 5.57 Å². The van der Waals surface area contributed by atoms with Crippen LogP contribution in [0.4, 0.5) is 0 Å². The summed E-state index contributed by atoms with van der Waals surface area (Å²) >= 11 is 0. The molecule has 70 valence electrons. The van der Waals surface area contributed by atoms with Gasteiger partial charge < -0.3 is 5.11 Å². The van der Waals surface area contributed by atoms with Gasteiger partial charge in [0.25, 0.3) is 0 Å². The average molecular weight is 168 g/mol. The molecule has 1 heteroatoms. The Morgan fingerprint density at radius 2 is 1.67 bits per heavy atom. The summed E-state index contributed by atoms with van der Waals surface area (Å²) in [6.45, 7) is 8.39. The van der Waals surface area contributed by atoms with Crippen molar-refractivity contribution in [3.8, 4) is 0 Å². The molecule has 0 saturated carbocycles. The van der Waals surface area contributed by atoms with Crippen LogP contribution in [0.15, 0.2) is 11.6 Å². The fraction of sp³-hybridized carbons (Fsp3) is 0.818. The molecule has 0 radical (unpaired) electrons. The second kappa shape index (κ2) is 3.21. The van der Waals surface area contributed by atoms with Crippen molar-refractivity contribution in [2.75, 3.05) is 0 Å². The van der Waals surface area contributed by atoms with E-state index in [9.17, 15) is 5.11 Å².